The number of nitro groups is 1. The van der Waals surface area contributed by atoms with Crippen molar-refractivity contribution in [3.8, 4) is 0 Å². The van der Waals surface area contributed by atoms with Crippen LogP contribution in [0.5, 0.6) is 0 Å². The molecule has 0 aliphatic carbocycles. The van der Waals surface area contributed by atoms with Crippen LogP contribution in [0.15, 0.2) is 10.1 Å². The van der Waals surface area contributed by atoms with E-state index in [9.17, 15) is 14.7 Å². The molecule has 64 valence electrons. The van der Waals surface area contributed by atoms with Crippen molar-refractivity contribution < 1.29 is 19.7 Å². The zero-order valence-electron chi connectivity index (χ0n) is 4.82. The Kier molecular flexibility index (Phi) is 4.15. The van der Waals surface area contributed by atoms with Crippen molar-refractivity contribution in [1.82, 2.24) is 4.89 Å². The summed E-state index contributed by atoms with van der Waals surface area (Å²) < 4.78 is 10.4. The van der Waals surface area contributed by atoms with Crippen LogP contribution in [0.25, 0.3) is 0 Å². The molecular formula is H3N4O5PS. The first-order chi connectivity index (χ1) is 4.98. The van der Waals surface area contributed by atoms with Gasteiger partial charge < -0.3 is 15.3 Å². The minimum Gasteiger partial charge on any atom is -0.337 e. The maximum atomic E-state index is 10.4. The van der Waals surface area contributed by atoms with Crippen LogP contribution in [0, 0.1) is 10.1 Å². The third kappa shape index (κ3) is 5.88. The van der Waals surface area contributed by atoms with E-state index in [1.807, 2.05) is 0 Å². The second kappa shape index (κ2) is 4.36. The number of nitrogens with one attached hydrogen (secondary N) is 1. The average molecular weight is 202 g/mol. The first kappa shape index (κ1) is 10.5. The van der Waals surface area contributed by atoms with Crippen LogP contribution in [-0.4, -0.2) is 15.1 Å². The quantitative estimate of drug-likeness (QED) is 0.196. The fraction of sp³-hybridized carbons (Fsp3) is 0. The summed E-state index contributed by atoms with van der Waals surface area (Å²) in [5.41, 5.74) is 0. The summed E-state index contributed by atoms with van der Waals surface area (Å²) in [5.74, 6) is 0. The van der Waals surface area contributed by atoms with Crippen LogP contribution >= 0.6 is 18.3 Å². The highest BCUT2D eigenvalue weighted by Crippen LogP contribution is 2.54. The molecule has 0 bridgehead atoms. The lowest BCUT2D eigenvalue weighted by Gasteiger charge is -1.91. The lowest BCUT2D eigenvalue weighted by molar-refractivity contribution is -0.493. The zero-order valence-corrected chi connectivity index (χ0v) is 6.53. The number of nitrogens with zero attached hydrogens (tertiary/aromatic N) is 3. The lowest BCUT2D eigenvalue weighted by atomic mass is 12.6. The third-order valence-electron chi connectivity index (χ3n) is 0.386. The standard InChI is InChI=1S/H3N4O5PS/c5-3-11-10(8,9)2-1-4(6)7/h3,5H,(H,8,9). The molecular weight excluding hydrogens is 199 g/mol. The van der Waals surface area contributed by atoms with E-state index in [-0.39, 0.29) is 11.6 Å². The molecule has 1 unspecified atom stereocenters. The van der Waals surface area contributed by atoms with Crippen molar-refractivity contribution in [2.24, 2.45) is 10.1 Å². The second-order valence-electron chi connectivity index (χ2n) is 1.09. The van der Waals surface area contributed by atoms with E-state index < -0.39 is 11.8 Å². The monoisotopic (exact) mass is 202 g/mol. The zero-order chi connectivity index (χ0) is 8.91. The Bertz CT molecular complexity index is 213. The lowest BCUT2D eigenvalue weighted by Crippen LogP contribution is -1.91. The van der Waals surface area contributed by atoms with Gasteiger partial charge in [-0.15, -0.1) is 4.89 Å². The molecule has 0 aromatic carbocycles. The Hall–Kier alpha value is -0.540. The fourth-order valence-electron chi connectivity index (χ4n) is 0.155. The molecule has 1 atom stereocenters. The number of hydrogen-bond donors (Lipinski definition) is 3. The van der Waals surface area contributed by atoms with Gasteiger partial charge in [-0.2, -0.15) is 0 Å². The molecule has 0 amide bonds. The molecule has 0 aromatic rings. The highest BCUT2D eigenvalue weighted by molar-refractivity contribution is 8.54. The van der Waals surface area contributed by atoms with Crippen LogP contribution in [-0.2, 0) is 4.57 Å². The molecule has 3 N–H and O–H groups in total. The molecule has 0 aromatic heterocycles. The Morgan fingerprint density at radius 3 is 2.64 bits per heavy atom. The maximum Gasteiger partial charge on any atom is 0.514 e. The van der Waals surface area contributed by atoms with Crippen LogP contribution in [0.3, 0.4) is 0 Å². The molecule has 0 rings (SSSR count). The van der Waals surface area contributed by atoms with E-state index in [0.717, 1.165) is 0 Å². The van der Waals surface area contributed by atoms with E-state index in [0.29, 0.717) is 0 Å². The maximum absolute atomic E-state index is 10.4. The van der Waals surface area contributed by atoms with Crippen molar-refractivity contribution in [2.45, 2.75) is 0 Å². The van der Waals surface area contributed by atoms with Crippen molar-refractivity contribution >= 4 is 18.3 Å². The molecule has 0 saturated carbocycles. The van der Waals surface area contributed by atoms with Crippen LogP contribution < -0.4 is 4.89 Å². The van der Waals surface area contributed by atoms with Gasteiger partial charge in [-0.05, 0) is 0 Å². The van der Waals surface area contributed by atoms with E-state index >= 15 is 0 Å². The summed E-state index contributed by atoms with van der Waals surface area (Å²) in [5, 5.41) is 18.3. The largest absolute Gasteiger partial charge is 0.514 e. The van der Waals surface area contributed by atoms with Crippen LogP contribution in [0.4, 0.5) is 0 Å². The topological polar surface area (TPSA) is 137 Å². The fourth-order valence-corrected chi connectivity index (χ4v) is 0.991. The molecule has 0 heterocycles. The first-order valence-electron chi connectivity index (χ1n) is 1.96. The SMILES string of the molecule is O=[N+]([O-])N=NP(=O)(O)SNO. The average Bonchev–Trinajstić information content (AvgIpc) is 1.84. The second-order valence-corrected chi connectivity index (χ2v) is 4.59. The van der Waals surface area contributed by atoms with Crippen molar-refractivity contribution in [2.75, 3.05) is 0 Å². The minimum absolute atomic E-state index is 0.0726. The number of hydrogen-bond acceptors (Lipinski definition) is 6. The highest BCUT2D eigenvalue weighted by atomic mass is 32.7. The van der Waals surface area contributed by atoms with Gasteiger partial charge in [0.25, 0.3) is 0 Å². The Labute approximate surface area is 64.0 Å². The smallest absolute Gasteiger partial charge is 0.337 e. The molecule has 0 fully saturated rings. The van der Waals surface area contributed by atoms with Crippen molar-refractivity contribution in [3.05, 3.63) is 10.1 Å². The summed E-state index contributed by atoms with van der Waals surface area (Å²) >= 11 is -0.0726. The van der Waals surface area contributed by atoms with Gasteiger partial charge >= 0.3 is 6.72 Å². The van der Waals surface area contributed by atoms with Gasteiger partial charge in [0, 0.05) is 0 Å². The van der Waals surface area contributed by atoms with E-state index in [4.69, 9.17) is 10.1 Å². The van der Waals surface area contributed by atoms with Gasteiger partial charge in [0.1, 0.15) is 4.88 Å². The third-order valence-corrected chi connectivity index (χ3v) is 2.19. The van der Waals surface area contributed by atoms with Gasteiger partial charge in [0.2, 0.25) is 0 Å². The highest BCUT2D eigenvalue weighted by Gasteiger charge is 2.27. The summed E-state index contributed by atoms with van der Waals surface area (Å²) in [6.45, 7) is -4.17. The summed E-state index contributed by atoms with van der Waals surface area (Å²) in [4.78, 5) is 21.6. The van der Waals surface area contributed by atoms with Crippen molar-refractivity contribution in [3.63, 3.8) is 0 Å². The molecule has 0 aliphatic rings. The molecule has 0 aliphatic heterocycles. The van der Waals surface area contributed by atoms with Crippen LogP contribution in [0.2, 0.25) is 0 Å². The Morgan fingerprint density at radius 1 is 1.73 bits per heavy atom. The summed E-state index contributed by atoms with van der Waals surface area (Å²) in [6.07, 6.45) is 0. The molecule has 0 radical (unpaired) electrons. The van der Waals surface area contributed by atoms with E-state index in [1.165, 1.54) is 4.89 Å². The molecule has 11 heavy (non-hydrogen) atoms. The minimum atomic E-state index is -4.17. The number of rotatable bonds is 4. The van der Waals surface area contributed by atoms with E-state index in [2.05, 4.69) is 10.1 Å². The Morgan fingerprint density at radius 2 is 2.27 bits per heavy atom. The normalized spacial score (nSPS) is 16.5. The van der Waals surface area contributed by atoms with E-state index in [1.54, 1.807) is 0 Å². The van der Waals surface area contributed by atoms with Gasteiger partial charge in [0.05, 0.1) is 16.6 Å². The Balaban J connectivity index is 4.11. The summed E-state index contributed by atoms with van der Waals surface area (Å²) in [7, 11) is 0. The predicted molar refractivity (Wildman–Crippen MR) is 34.2 cm³/mol. The van der Waals surface area contributed by atoms with Crippen molar-refractivity contribution in [1.29, 1.82) is 0 Å². The molecule has 11 heteroatoms. The van der Waals surface area contributed by atoms with Gasteiger partial charge in [-0.3, -0.25) is 4.89 Å². The molecule has 0 spiro atoms. The molecule has 9 nitrogen and oxygen atoms in total. The van der Waals surface area contributed by atoms with Gasteiger partial charge in [-0.1, -0.05) is 0 Å². The van der Waals surface area contributed by atoms with Gasteiger partial charge in [0.15, 0.2) is 5.22 Å². The first-order valence-corrected chi connectivity index (χ1v) is 4.99. The summed E-state index contributed by atoms with van der Waals surface area (Å²) in [6, 6.07) is 0. The van der Waals surface area contributed by atoms with Crippen LogP contribution in [0.1, 0.15) is 0 Å². The van der Waals surface area contributed by atoms with Gasteiger partial charge in [-0.25, -0.2) is 4.57 Å². The predicted octanol–water partition coefficient (Wildman–Crippen LogP) is 0.358. The molecule has 0 saturated heterocycles.